The van der Waals surface area contributed by atoms with E-state index >= 15 is 0 Å². The Bertz CT molecular complexity index is 354. The summed E-state index contributed by atoms with van der Waals surface area (Å²) in [5.41, 5.74) is 2.15. The van der Waals surface area contributed by atoms with E-state index in [4.69, 9.17) is 0 Å². The maximum Gasteiger partial charge on any atom is 0.0755 e. The molecule has 90 valence electrons. The van der Waals surface area contributed by atoms with Crippen LogP contribution in [0.1, 0.15) is 47.0 Å². The Labute approximate surface area is 98.9 Å². The second-order valence-electron chi connectivity index (χ2n) is 7.08. The molecule has 1 nitrogen and oxygen atoms in total. The zero-order chi connectivity index (χ0) is 11.7. The van der Waals surface area contributed by atoms with Crippen LogP contribution in [0.5, 0.6) is 0 Å². The van der Waals surface area contributed by atoms with Gasteiger partial charge in [-0.1, -0.05) is 33.8 Å². The summed E-state index contributed by atoms with van der Waals surface area (Å²) in [6.07, 6.45) is 5.58. The van der Waals surface area contributed by atoms with Crippen molar-refractivity contribution in [2.75, 3.05) is 0 Å². The Morgan fingerprint density at radius 3 is 2.62 bits per heavy atom. The van der Waals surface area contributed by atoms with Gasteiger partial charge in [-0.05, 0) is 53.4 Å². The maximum atomic E-state index is 10.2. The second kappa shape index (κ2) is 2.93. The Morgan fingerprint density at radius 1 is 1.25 bits per heavy atom. The van der Waals surface area contributed by atoms with Gasteiger partial charge < -0.3 is 5.11 Å². The van der Waals surface area contributed by atoms with Crippen LogP contribution in [0.2, 0.25) is 0 Å². The molecule has 3 rings (SSSR count). The number of aliphatic hydroxyl groups excluding tert-OH is 1. The molecule has 0 aromatic heterocycles. The minimum absolute atomic E-state index is 0.154. The molecule has 0 amide bonds. The summed E-state index contributed by atoms with van der Waals surface area (Å²) in [5.74, 6) is 2.41. The molecule has 3 aliphatic rings. The first-order valence-electron chi connectivity index (χ1n) is 6.78. The molecule has 0 aromatic carbocycles. The highest BCUT2D eigenvalue weighted by atomic mass is 16.3. The average molecular weight is 220 g/mol. The van der Waals surface area contributed by atoms with Crippen molar-refractivity contribution in [3.8, 4) is 0 Å². The number of hydrogen-bond donors (Lipinski definition) is 1. The zero-order valence-electron chi connectivity index (χ0n) is 11.0. The van der Waals surface area contributed by atoms with Crippen LogP contribution in [0.3, 0.4) is 0 Å². The van der Waals surface area contributed by atoms with Crippen LogP contribution in [-0.2, 0) is 0 Å². The van der Waals surface area contributed by atoms with E-state index < -0.39 is 0 Å². The highest BCUT2D eigenvalue weighted by molar-refractivity contribution is 5.34. The Morgan fingerprint density at radius 2 is 1.94 bits per heavy atom. The third kappa shape index (κ3) is 1.06. The van der Waals surface area contributed by atoms with Crippen LogP contribution < -0.4 is 0 Å². The lowest BCUT2D eigenvalue weighted by Crippen LogP contribution is -2.42. The van der Waals surface area contributed by atoms with Crippen LogP contribution in [0.15, 0.2) is 11.6 Å². The van der Waals surface area contributed by atoms with Crippen LogP contribution in [-0.4, -0.2) is 11.2 Å². The van der Waals surface area contributed by atoms with Gasteiger partial charge in [0.1, 0.15) is 0 Å². The predicted molar refractivity (Wildman–Crippen MR) is 66.0 cm³/mol. The average Bonchev–Trinajstić information content (AvgIpc) is 2.78. The molecule has 5 atom stereocenters. The Hall–Kier alpha value is -0.300. The number of rotatable bonds is 0. The maximum absolute atomic E-state index is 10.2. The third-order valence-electron chi connectivity index (χ3n) is 6.17. The van der Waals surface area contributed by atoms with Crippen molar-refractivity contribution < 1.29 is 5.11 Å². The fraction of sp³-hybridized carbons (Fsp3) is 0.867. The molecule has 0 saturated heterocycles. The fourth-order valence-corrected chi connectivity index (χ4v) is 4.98. The van der Waals surface area contributed by atoms with Crippen LogP contribution in [0, 0.1) is 28.6 Å². The molecule has 0 radical (unpaired) electrons. The van der Waals surface area contributed by atoms with Crippen molar-refractivity contribution >= 4 is 0 Å². The third-order valence-corrected chi connectivity index (χ3v) is 6.17. The van der Waals surface area contributed by atoms with Crippen molar-refractivity contribution in [1.29, 1.82) is 0 Å². The molecule has 0 aromatic rings. The minimum atomic E-state index is -0.154. The molecule has 0 bridgehead atoms. The van der Waals surface area contributed by atoms with Crippen molar-refractivity contribution in [2.24, 2.45) is 28.6 Å². The molecule has 2 saturated carbocycles. The summed E-state index contributed by atoms with van der Waals surface area (Å²) < 4.78 is 0. The predicted octanol–water partition coefficient (Wildman–Crippen LogP) is 3.39. The molecule has 0 heterocycles. The van der Waals surface area contributed by atoms with Crippen molar-refractivity contribution in [3.05, 3.63) is 11.6 Å². The number of aliphatic hydroxyl groups is 1. The quantitative estimate of drug-likeness (QED) is 0.620. The normalized spacial score (nSPS) is 53.7. The lowest BCUT2D eigenvalue weighted by Gasteiger charge is -2.47. The largest absolute Gasteiger partial charge is 0.389 e. The van der Waals surface area contributed by atoms with Gasteiger partial charge in [-0.3, -0.25) is 0 Å². The highest BCUT2D eigenvalue weighted by Crippen LogP contribution is 2.74. The fourth-order valence-electron chi connectivity index (χ4n) is 4.98. The molecule has 1 N–H and O–H groups in total. The van der Waals surface area contributed by atoms with Gasteiger partial charge in [-0.15, -0.1) is 0 Å². The summed E-state index contributed by atoms with van der Waals surface area (Å²) in [6, 6.07) is 0. The summed E-state index contributed by atoms with van der Waals surface area (Å²) in [7, 11) is 0. The van der Waals surface area contributed by atoms with E-state index in [0.29, 0.717) is 5.41 Å². The van der Waals surface area contributed by atoms with Gasteiger partial charge in [0.05, 0.1) is 6.10 Å². The molecular weight excluding hydrogens is 196 g/mol. The van der Waals surface area contributed by atoms with E-state index in [1.165, 1.54) is 18.4 Å². The van der Waals surface area contributed by atoms with Gasteiger partial charge in [0.2, 0.25) is 0 Å². The smallest absolute Gasteiger partial charge is 0.0755 e. The van der Waals surface area contributed by atoms with Gasteiger partial charge >= 0.3 is 0 Å². The lowest BCUT2D eigenvalue weighted by atomic mass is 9.58. The second-order valence-corrected chi connectivity index (χ2v) is 7.08. The van der Waals surface area contributed by atoms with Gasteiger partial charge in [0, 0.05) is 0 Å². The van der Waals surface area contributed by atoms with E-state index in [1.54, 1.807) is 0 Å². The van der Waals surface area contributed by atoms with Crippen molar-refractivity contribution in [1.82, 2.24) is 0 Å². The zero-order valence-corrected chi connectivity index (χ0v) is 11.0. The van der Waals surface area contributed by atoms with Gasteiger partial charge in [-0.2, -0.15) is 0 Å². The lowest BCUT2D eigenvalue weighted by molar-refractivity contribution is 0.0585. The van der Waals surface area contributed by atoms with E-state index in [2.05, 4.69) is 33.8 Å². The highest BCUT2D eigenvalue weighted by Gasteiger charge is 2.68. The van der Waals surface area contributed by atoms with Gasteiger partial charge in [0.15, 0.2) is 0 Å². The molecule has 3 aliphatic carbocycles. The van der Waals surface area contributed by atoms with Crippen molar-refractivity contribution in [2.45, 2.75) is 53.1 Å². The first-order valence-corrected chi connectivity index (χ1v) is 6.78. The number of allylic oxidation sites excluding steroid dienone is 1. The molecule has 0 aliphatic heterocycles. The summed E-state index contributed by atoms with van der Waals surface area (Å²) >= 11 is 0. The first kappa shape index (κ1) is 10.8. The first-order chi connectivity index (χ1) is 7.40. The molecule has 16 heavy (non-hydrogen) atoms. The van der Waals surface area contributed by atoms with E-state index in [1.807, 2.05) is 0 Å². The van der Waals surface area contributed by atoms with Gasteiger partial charge in [-0.25, -0.2) is 0 Å². The standard InChI is InChI=1S/C15H24O/c1-9-5-8-12(16)10-6-7-11-13(14(11,2)3)15(9,10)4/h6,9,11-13,16H,5,7-8H2,1-4H3/t9-,11-,12-,13+,15+/m1/s1. The molecular formula is C15H24O. The molecule has 0 unspecified atom stereocenters. The van der Waals surface area contributed by atoms with Crippen LogP contribution in [0.25, 0.3) is 0 Å². The summed E-state index contributed by atoms with van der Waals surface area (Å²) in [6.45, 7) is 9.63. The van der Waals surface area contributed by atoms with Crippen molar-refractivity contribution in [3.63, 3.8) is 0 Å². The minimum Gasteiger partial charge on any atom is -0.389 e. The molecule has 2 fully saturated rings. The van der Waals surface area contributed by atoms with Crippen LogP contribution in [0.4, 0.5) is 0 Å². The monoisotopic (exact) mass is 220 g/mol. The van der Waals surface area contributed by atoms with E-state index in [9.17, 15) is 5.11 Å². The van der Waals surface area contributed by atoms with E-state index in [0.717, 1.165) is 24.2 Å². The topological polar surface area (TPSA) is 20.2 Å². The summed E-state index contributed by atoms with van der Waals surface area (Å²) in [5, 5.41) is 10.2. The molecule has 1 heteroatoms. The Balaban J connectivity index is 2.04. The number of fused-ring (bicyclic) bond motifs is 3. The van der Waals surface area contributed by atoms with Gasteiger partial charge in [0.25, 0.3) is 0 Å². The number of hydrogen-bond acceptors (Lipinski definition) is 1. The summed E-state index contributed by atoms with van der Waals surface area (Å²) in [4.78, 5) is 0. The SMILES string of the molecule is C[C@@H]1CC[C@@H](O)C2=CC[C@@H]3[C@@H](C3(C)C)[C@]21C. The Kier molecular flexibility index (Phi) is 1.98. The molecule has 0 spiro atoms. The van der Waals surface area contributed by atoms with E-state index in [-0.39, 0.29) is 11.5 Å². The van der Waals surface area contributed by atoms with Crippen LogP contribution >= 0.6 is 0 Å².